The molecule has 0 aliphatic heterocycles. The van der Waals surface area contributed by atoms with Gasteiger partial charge in [0, 0.05) is 19.1 Å². The van der Waals surface area contributed by atoms with Gasteiger partial charge in [-0.3, -0.25) is 0 Å². The molecule has 3 nitrogen and oxygen atoms in total. The van der Waals surface area contributed by atoms with Gasteiger partial charge in [-0.15, -0.1) is 0 Å². The Bertz CT molecular complexity index is 338. The van der Waals surface area contributed by atoms with Crippen LogP contribution in [-0.2, 0) is 6.54 Å². The Morgan fingerprint density at radius 2 is 2.11 bits per heavy atom. The number of unbranched alkanes of at least 4 members (excludes halogenated alkanes) is 1. The van der Waals surface area contributed by atoms with E-state index in [1.165, 1.54) is 12.8 Å². The third kappa shape index (κ3) is 4.30. The summed E-state index contributed by atoms with van der Waals surface area (Å²) in [5, 5.41) is 3.16. The van der Waals surface area contributed by atoms with Crippen molar-refractivity contribution < 1.29 is 0 Å². The zero-order chi connectivity index (χ0) is 13.4. The van der Waals surface area contributed by atoms with E-state index in [-0.39, 0.29) is 0 Å². The molecule has 0 aliphatic rings. The molecule has 0 radical (unpaired) electrons. The largest absolute Gasteiger partial charge is 0.354 e. The predicted molar refractivity (Wildman–Crippen MR) is 79.0 cm³/mol. The minimum atomic E-state index is 0.550. The Morgan fingerprint density at radius 1 is 1.33 bits per heavy atom. The lowest BCUT2D eigenvalue weighted by Crippen LogP contribution is -2.34. The molecule has 1 heterocycles. The molecule has 1 rings (SSSR count). The fourth-order valence-electron chi connectivity index (χ4n) is 2.02. The maximum Gasteiger partial charge on any atom is 0.129 e. The summed E-state index contributed by atoms with van der Waals surface area (Å²) < 4.78 is 0. The first-order valence-corrected chi connectivity index (χ1v) is 7.10. The average Bonchev–Trinajstić information content (AvgIpc) is 2.39. The van der Waals surface area contributed by atoms with Gasteiger partial charge in [0.1, 0.15) is 5.82 Å². The van der Waals surface area contributed by atoms with Gasteiger partial charge in [0.05, 0.1) is 5.69 Å². The van der Waals surface area contributed by atoms with Crippen LogP contribution in [0.3, 0.4) is 0 Å². The molecular formula is C15H27N3. The fourth-order valence-corrected chi connectivity index (χ4v) is 2.02. The van der Waals surface area contributed by atoms with Crippen molar-refractivity contribution >= 4 is 5.82 Å². The first-order chi connectivity index (χ1) is 8.72. The zero-order valence-corrected chi connectivity index (χ0v) is 12.2. The molecule has 0 fully saturated rings. The Labute approximate surface area is 112 Å². The molecule has 1 aromatic heterocycles. The molecule has 1 N–H and O–H groups in total. The lowest BCUT2D eigenvalue weighted by molar-refractivity contribution is 0.588. The number of hydrogen-bond acceptors (Lipinski definition) is 3. The number of anilines is 1. The molecule has 0 aliphatic carbocycles. The third-order valence-electron chi connectivity index (χ3n) is 3.32. The van der Waals surface area contributed by atoms with Crippen LogP contribution in [0.4, 0.5) is 5.82 Å². The van der Waals surface area contributed by atoms with Gasteiger partial charge in [-0.25, -0.2) is 4.98 Å². The van der Waals surface area contributed by atoms with Gasteiger partial charge in [0.15, 0.2) is 0 Å². The fraction of sp³-hybridized carbons (Fsp3) is 0.667. The van der Waals surface area contributed by atoms with Crippen molar-refractivity contribution in [1.82, 2.24) is 10.3 Å². The molecule has 102 valence electrons. The van der Waals surface area contributed by atoms with Gasteiger partial charge in [-0.05, 0) is 38.9 Å². The smallest absolute Gasteiger partial charge is 0.129 e. The van der Waals surface area contributed by atoms with Crippen molar-refractivity contribution in [3.8, 4) is 0 Å². The second-order valence-electron chi connectivity index (χ2n) is 4.82. The van der Waals surface area contributed by atoms with Crippen LogP contribution >= 0.6 is 0 Å². The Morgan fingerprint density at radius 3 is 2.72 bits per heavy atom. The maximum absolute atomic E-state index is 4.75. The summed E-state index contributed by atoms with van der Waals surface area (Å²) in [6.07, 6.45) is 3.60. The van der Waals surface area contributed by atoms with Crippen molar-refractivity contribution in [2.75, 3.05) is 18.5 Å². The monoisotopic (exact) mass is 249 g/mol. The normalized spacial score (nSPS) is 12.4. The van der Waals surface area contributed by atoms with Crippen molar-refractivity contribution in [3.63, 3.8) is 0 Å². The summed E-state index contributed by atoms with van der Waals surface area (Å²) >= 11 is 0. The van der Waals surface area contributed by atoms with Crippen LogP contribution in [0.15, 0.2) is 18.2 Å². The Kier molecular flexibility index (Phi) is 6.73. The second-order valence-corrected chi connectivity index (χ2v) is 4.82. The number of aromatic nitrogens is 1. The van der Waals surface area contributed by atoms with Crippen molar-refractivity contribution in [3.05, 3.63) is 23.9 Å². The van der Waals surface area contributed by atoms with Gasteiger partial charge < -0.3 is 10.2 Å². The van der Waals surface area contributed by atoms with E-state index in [9.17, 15) is 0 Å². The Balaban J connectivity index is 2.85. The molecule has 1 atom stereocenters. The van der Waals surface area contributed by atoms with Crippen LogP contribution < -0.4 is 10.2 Å². The van der Waals surface area contributed by atoms with Crippen LogP contribution in [0.1, 0.15) is 45.7 Å². The van der Waals surface area contributed by atoms with E-state index >= 15 is 0 Å². The second kappa shape index (κ2) is 8.09. The molecule has 1 aromatic rings. The average molecular weight is 249 g/mol. The SMILES string of the molecule is CCCCN(c1cccc(CNC)n1)C(C)CC. The molecule has 0 aromatic carbocycles. The minimum Gasteiger partial charge on any atom is -0.354 e. The predicted octanol–water partition coefficient (Wildman–Crippen LogP) is 3.21. The van der Waals surface area contributed by atoms with E-state index in [2.05, 4.69) is 49.2 Å². The highest BCUT2D eigenvalue weighted by Crippen LogP contribution is 2.17. The number of nitrogens with zero attached hydrogens (tertiary/aromatic N) is 2. The first-order valence-electron chi connectivity index (χ1n) is 7.10. The number of rotatable bonds is 8. The molecule has 3 heteroatoms. The van der Waals surface area contributed by atoms with Crippen LogP contribution in [0.25, 0.3) is 0 Å². The Hall–Kier alpha value is -1.09. The molecule has 0 amide bonds. The van der Waals surface area contributed by atoms with Crippen LogP contribution in [-0.4, -0.2) is 24.6 Å². The molecule has 0 saturated carbocycles. The molecular weight excluding hydrogens is 222 g/mol. The molecule has 0 spiro atoms. The van der Waals surface area contributed by atoms with E-state index in [1.54, 1.807) is 0 Å². The summed E-state index contributed by atoms with van der Waals surface area (Å²) in [5.74, 6) is 1.12. The van der Waals surface area contributed by atoms with Gasteiger partial charge in [-0.2, -0.15) is 0 Å². The van der Waals surface area contributed by atoms with E-state index in [0.29, 0.717) is 6.04 Å². The summed E-state index contributed by atoms with van der Waals surface area (Å²) in [6, 6.07) is 6.86. The summed E-state index contributed by atoms with van der Waals surface area (Å²) in [5.41, 5.74) is 1.11. The van der Waals surface area contributed by atoms with Crippen molar-refractivity contribution in [2.24, 2.45) is 0 Å². The van der Waals surface area contributed by atoms with Crippen LogP contribution in [0.2, 0.25) is 0 Å². The van der Waals surface area contributed by atoms with Crippen LogP contribution in [0, 0.1) is 0 Å². The van der Waals surface area contributed by atoms with E-state index in [1.807, 2.05) is 7.05 Å². The highest BCUT2D eigenvalue weighted by Gasteiger charge is 2.13. The highest BCUT2D eigenvalue weighted by atomic mass is 15.2. The van der Waals surface area contributed by atoms with E-state index < -0.39 is 0 Å². The van der Waals surface area contributed by atoms with Gasteiger partial charge in [-0.1, -0.05) is 26.3 Å². The topological polar surface area (TPSA) is 28.2 Å². The molecule has 1 unspecified atom stereocenters. The lowest BCUT2D eigenvalue weighted by atomic mass is 10.2. The van der Waals surface area contributed by atoms with Crippen LogP contribution in [0.5, 0.6) is 0 Å². The summed E-state index contributed by atoms with van der Waals surface area (Å²) in [6.45, 7) is 8.68. The van der Waals surface area contributed by atoms with E-state index in [0.717, 1.165) is 31.0 Å². The maximum atomic E-state index is 4.75. The summed E-state index contributed by atoms with van der Waals surface area (Å²) in [4.78, 5) is 7.18. The van der Waals surface area contributed by atoms with Gasteiger partial charge in [0.2, 0.25) is 0 Å². The number of pyridine rings is 1. The first kappa shape index (κ1) is 15.0. The molecule has 0 saturated heterocycles. The highest BCUT2D eigenvalue weighted by molar-refractivity contribution is 5.40. The van der Waals surface area contributed by atoms with Crippen molar-refractivity contribution in [1.29, 1.82) is 0 Å². The molecule has 0 bridgehead atoms. The third-order valence-corrected chi connectivity index (χ3v) is 3.32. The summed E-state index contributed by atoms with van der Waals surface area (Å²) in [7, 11) is 1.96. The number of hydrogen-bond donors (Lipinski definition) is 1. The quantitative estimate of drug-likeness (QED) is 0.767. The van der Waals surface area contributed by atoms with Crippen molar-refractivity contribution in [2.45, 2.75) is 52.6 Å². The lowest BCUT2D eigenvalue weighted by Gasteiger charge is -2.30. The number of nitrogens with one attached hydrogen (secondary N) is 1. The standard InChI is InChI=1S/C15H27N3/c1-5-7-11-18(13(3)6-2)15-10-8-9-14(17-15)12-16-4/h8-10,13,16H,5-7,11-12H2,1-4H3. The zero-order valence-electron chi connectivity index (χ0n) is 12.2. The van der Waals surface area contributed by atoms with Gasteiger partial charge >= 0.3 is 0 Å². The molecule has 18 heavy (non-hydrogen) atoms. The minimum absolute atomic E-state index is 0.550. The van der Waals surface area contributed by atoms with E-state index in [4.69, 9.17) is 4.98 Å². The van der Waals surface area contributed by atoms with Gasteiger partial charge in [0.25, 0.3) is 0 Å².